The molecule has 0 amide bonds. The number of hydrogen-bond acceptors (Lipinski definition) is 4. The number of aliphatic hydroxyl groups is 1. The highest BCUT2D eigenvalue weighted by Crippen LogP contribution is 2.16. The van der Waals surface area contributed by atoms with E-state index >= 15 is 0 Å². The van der Waals surface area contributed by atoms with Crippen LogP contribution in [0.4, 0.5) is 0 Å². The van der Waals surface area contributed by atoms with Crippen LogP contribution in [0.1, 0.15) is 32.6 Å². The smallest absolute Gasteiger partial charge is 0.0741 e. The highest BCUT2D eigenvalue weighted by atomic mass is 16.3. The van der Waals surface area contributed by atoms with E-state index in [1.54, 1.807) is 0 Å². The predicted octanol–water partition coefficient (Wildman–Crippen LogP) is 0.502. The molecule has 3 N–H and O–H groups in total. The van der Waals surface area contributed by atoms with Crippen LogP contribution in [0.15, 0.2) is 0 Å². The second-order valence-corrected chi connectivity index (χ2v) is 5.86. The van der Waals surface area contributed by atoms with Gasteiger partial charge in [0.15, 0.2) is 0 Å². The molecule has 0 aromatic carbocycles. The topological polar surface area (TPSA) is 52.7 Å². The first-order valence-corrected chi connectivity index (χ1v) is 6.76. The lowest BCUT2D eigenvalue weighted by atomic mass is 9.99. The summed E-state index contributed by atoms with van der Waals surface area (Å²) in [5.41, 5.74) is 4.83. The summed E-state index contributed by atoms with van der Waals surface area (Å²) in [7, 11) is 4.32. The van der Waals surface area contributed by atoms with Crippen molar-refractivity contribution in [3.63, 3.8) is 0 Å². The molecule has 102 valence electrons. The summed E-state index contributed by atoms with van der Waals surface area (Å²) in [4.78, 5) is 4.84. The first-order valence-electron chi connectivity index (χ1n) is 6.76. The summed E-state index contributed by atoms with van der Waals surface area (Å²) in [6, 6.07) is 0.693. The highest BCUT2D eigenvalue weighted by Gasteiger charge is 2.22. The molecule has 0 saturated carbocycles. The maximum atomic E-state index is 9.84. The normalized spacial score (nSPS) is 26.1. The standard InChI is InChI=1S/C13H29N3O/c1-13(17,11-14)7-5-9-16-8-4-6-12(10-16)15(2)3/h12,17H,4-11,14H2,1-3H3. The van der Waals surface area contributed by atoms with E-state index < -0.39 is 5.60 Å². The van der Waals surface area contributed by atoms with Crippen LogP contribution in [-0.2, 0) is 0 Å². The van der Waals surface area contributed by atoms with Crippen molar-refractivity contribution < 1.29 is 5.11 Å². The number of likely N-dealkylation sites (N-methyl/N-ethyl adjacent to an activating group) is 1. The molecule has 0 spiro atoms. The summed E-state index contributed by atoms with van der Waals surface area (Å²) in [5.74, 6) is 0. The van der Waals surface area contributed by atoms with Crippen molar-refractivity contribution in [3.8, 4) is 0 Å². The van der Waals surface area contributed by atoms with Gasteiger partial charge in [0.25, 0.3) is 0 Å². The Hall–Kier alpha value is -0.160. The molecule has 1 heterocycles. The van der Waals surface area contributed by atoms with Gasteiger partial charge in [-0.2, -0.15) is 0 Å². The zero-order chi connectivity index (χ0) is 12.9. The fourth-order valence-electron chi connectivity index (χ4n) is 2.44. The molecule has 1 aliphatic rings. The Morgan fingerprint density at radius 2 is 2.18 bits per heavy atom. The molecule has 0 aromatic heterocycles. The van der Waals surface area contributed by atoms with Crippen molar-refractivity contribution in [2.45, 2.75) is 44.2 Å². The molecule has 4 heteroatoms. The van der Waals surface area contributed by atoms with Gasteiger partial charge in [-0.3, -0.25) is 0 Å². The zero-order valence-electron chi connectivity index (χ0n) is 11.7. The molecule has 0 aromatic rings. The van der Waals surface area contributed by atoms with Crippen molar-refractivity contribution in [2.75, 3.05) is 40.3 Å². The van der Waals surface area contributed by atoms with Gasteiger partial charge in [0.1, 0.15) is 0 Å². The van der Waals surface area contributed by atoms with Gasteiger partial charge < -0.3 is 20.6 Å². The quantitative estimate of drug-likeness (QED) is 0.713. The molecule has 4 nitrogen and oxygen atoms in total. The number of nitrogens with two attached hydrogens (primary N) is 1. The van der Waals surface area contributed by atoms with E-state index in [1.807, 2.05) is 6.92 Å². The number of nitrogens with zero attached hydrogens (tertiary/aromatic N) is 2. The minimum absolute atomic E-state index is 0.354. The third kappa shape index (κ3) is 5.34. The monoisotopic (exact) mass is 243 g/mol. The summed E-state index contributed by atoms with van der Waals surface area (Å²) < 4.78 is 0. The molecule has 1 aliphatic heterocycles. The second-order valence-electron chi connectivity index (χ2n) is 5.86. The fraction of sp³-hybridized carbons (Fsp3) is 1.00. The van der Waals surface area contributed by atoms with E-state index in [-0.39, 0.29) is 0 Å². The van der Waals surface area contributed by atoms with Gasteiger partial charge in [0, 0.05) is 19.1 Å². The molecule has 0 aliphatic carbocycles. The number of rotatable bonds is 6. The Morgan fingerprint density at radius 3 is 2.76 bits per heavy atom. The van der Waals surface area contributed by atoms with Crippen LogP contribution in [0.5, 0.6) is 0 Å². The van der Waals surface area contributed by atoms with Gasteiger partial charge in [-0.15, -0.1) is 0 Å². The summed E-state index contributed by atoms with van der Waals surface area (Å²) >= 11 is 0. The van der Waals surface area contributed by atoms with Gasteiger partial charge in [-0.05, 0) is 59.8 Å². The van der Waals surface area contributed by atoms with Gasteiger partial charge in [-0.25, -0.2) is 0 Å². The van der Waals surface area contributed by atoms with Gasteiger partial charge >= 0.3 is 0 Å². The molecular weight excluding hydrogens is 214 g/mol. The lowest BCUT2D eigenvalue weighted by Gasteiger charge is -2.36. The Morgan fingerprint density at radius 1 is 1.47 bits per heavy atom. The number of likely N-dealkylation sites (tertiary alicyclic amines) is 1. The van der Waals surface area contributed by atoms with E-state index in [0.29, 0.717) is 12.6 Å². The Bertz CT molecular complexity index is 219. The van der Waals surface area contributed by atoms with E-state index in [1.165, 1.54) is 19.4 Å². The van der Waals surface area contributed by atoms with Crippen molar-refractivity contribution in [3.05, 3.63) is 0 Å². The number of hydrogen-bond donors (Lipinski definition) is 2. The molecule has 1 rings (SSSR count). The summed E-state index contributed by atoms with van der Waals surface area (Å²) in [5, 5.41) is 9.84. The largest absolute Gasteiger partial charge is 0.389 e. The van der Waals surface area contributed by atoms with Gasteiger partial charge in [-0.1, -0.05) is 0 Å². The van der Waals surface area contributed by atoms with E-state index in [0.717, 1.165) is 25.9 Å². The van der Waals surface area contributed by atoms with Crippen LogP contribution < -0.4 is 5.73 Å². The van der Waals surface area contributed by atoms with E-state index in [9.17, 15) is 5.11 Å². The Labute approximate surface area is 106 Å². The molecule has 2 atom stereocenters. The average molecular weight is 243 g/mol. The van der Waals surface area contributed by atoms with Crippen LogP contribution in [0.2, 0.25) is 0 Å². The minimum Gasteiger partial charge on any atom is -0.389 e. The van der Waals surface area contributed by atoms with Crippen molar-refractivity contribution in [1.82, 2.24) is 9.80 Å². The van der Waals surface area contributed by atoms with Crippen LogP contribution in [-0.4, -0.2) is 66.8 Å². The van der Waals surface area contributed by atoms with Crippen molar-refractivity contribution >= 4 is 0 Å². The highest BCUT2D eigenvalue weighted by molar-refractivity contribution is 4.79. The lowest BCUT2D eigenvalue weighted by Crippen LogP contribution is -2.45. The van der Waals surface area contributed by atoms with E-state index in [4.69, 9.17) is 5.73 Å². The molecule has 1 fully saturated rings. The Kier molecular flexibility index (Phi) is 5.86. The van der Waals surface area contributed by atoms with Crippen molar-refractivity contribution in [1.29, 1.82) is 0 Å². The first kappa shape index (κ1) is 14.9. The summed E-state index contributed by atoms with van der Waals surface area (Å²) in [6.07, 6.45) is 4.43. The van der Waals surface area contributed by atoms with Crippen LogP contribution in [0.3, 0.4) is 0 Å². The first-order chi connectivity index (χ1) is 7.94. The molecular formula is C13H29N3O. The molecule has 0 radical (unpaired) electrons. The van der Waals surface area contributed by atoms with Crippen LogP contribution in [0.25, 0.3) is 0 Å². The van der Waals surface area contributed by atoms with Gasteiger partial charge in [0.05, 0.1) is 5.60 Å². The molecule has 2 unspecified atom stereocenters. The third-order valence-electron chi connectivity index (χ3n) is 3.84. The minimum atomic E-state index is -0.684. The summed E-state index contributed by atoms with van der Waals surface area (Å²) in [6.45, 7) is 5.63. The molecule has 17 heavy (non-hydrogen) atoms. The molecule has 0 bridgehead atoms. The average Bonchev–Trinajstić information content (AvgIpc) is 2.29. The fourth-order valence-corrected chi connectivity index (χ4v) is 2.44. The maximum absolute atomic E-state index is 9.84. The Balaban J connectivity index is 2.23. The second kappa shape index (κ2) is 6.69. The van der Waals surface area contributed by atoms with E-state index in [2.05, 4.69) is 23.9 Å². The predicted molar refractivity (Wildman–Crippen MR) is 72.1 cm³/mol. The number of piperidine rings is 1. The maximum Gasteiger partial charge on any atom is 0.0741 e. The van der Waals surface area contributed by atoms with Crippen molar-refractivity contribution in [2.24, 2.45) is 5.73 Å². The SMILES string of the molecule is CN(C)C1CCCN(CCCC(C)(O)CN)C1. The third-order valence-corrected chi connectivity index (χ3v) is 3.84. The lowest BCUT2D eigenvalue weighted by molar-refractivity contribution is 0.0511. The van der Waals surface area contributed by atoms with Crippen LogP contribution in [0, 0.1) is 0 Å². The zero-order valence-corrected chi connectivity index (χ0v) is 11.7. The van der Waals surface area contributed by atoms with Gasteiger partial charge in [0.2, 0.25) is 0 Å². The van der Waals surface area contributed by atoms with Crippen LogP contribution >= 0.6 is 0 Å². The molecule has 1 saturated heterocycles.